The number of nitrogens with two attached hydrogens (primary N) is 1. The van der Waals surface area contributed by atoms with Gasteiger partial charge < -0.3 is 35.7 Å². The molecule has 4 N–H and O–H groups in total. The summed E-state index contributed by atoms with van der Waals surface area (Å²) in [4.78, 5) is 30.0. The number of hydrogen-bond donors (Lipinski definition) is 3. The number of fused-ring (bicyclic) bond motifs is 1. The summed E-state index contributed by atoms with van der Waals surface area (Å²) in [6.45, 7) is 3.72. The molecule has 1 spiro atoms. The molecule has 0 atom stereocenters. The minimum atomic E-state index is -0.847. The molecule has 2 amide bonds. The zero-order valence-electron chi connectivity index (χ0n) is 18.6. The van der Waals surface area contributed by atoms with Crippen molar-refractivity contribution in [2.75, 3.05) is 50.0 Å². The molecule has 0 radical (unpaired) electrons. The molecule has 2 saturated heterocycles. The van der Waals surface area contributed by atoms with Gasteiger partial charge in [0.05, 0.1) is 29.5 Å². The van der Waals surface area contributed by atoms with Crippen LogP contribution in [0.3, 0.4) is 0 Å². The number of carbonyl (C=O) groups is 2. The smallest absolute Gasteiger partial charge is 0.258 e. The Kier molecular flexibility index (Phi) is 5.83. The van der Waals surface area contributed by atoms with Crippen LogP contribution >= 0.6 is 11.6 Å². The summed E-state index contributed by atoms with van der Waals surface area (Å²) < 4.78 is 11.7. The van der Waals surface area contributed by atoms with Gasteiger partial charge in [-0.3, -0.25) is 9.59 Å². The second-order valence-electron chi connectivity index (χ2n) is 8.73. The Labute approximate surface area is 202 Å². The first-order valence-corrected chi connectivity index (χ1v) is 11.6. The molecule has 178 valence electrons. The number of carbonyl (C=O) groups excluding carboxylic acids is 2. The minimum absolute atomic E-state index is 0.169. The Morgan fingerprint density at radius 2 is 1.88 bits per heavy atom. The van der Waals surface area contributed by atoms with Gasteiger partial charge in [0.25, 0.3) is 11.8 Å². The SMILES string of the molecule is N=Cc1cc(C(=O)N2CCC3(CC2)NC(=O)c2cc(N4CCOCC4)ccc2O3)cc(Cl)c1N. The zero-order chi connectivity index (χ0) is 23.9. The van der Waals surface area contributed by atoms with E-state index in [-0.39, 0.29) is 22.5 Å². The van der Waals surface area contributed by atoms with E-state index in [9.17, 15) is 9.59 Å². The minimum Gasteiger partial charge on any atom is -0.467 e. The van der Waals surface area contributed by atoms with Crippen molar-refractivity contribution in [2.24, 2.45) is 0 Å². The summed E-state index contributed by atoms with van der Waals surface area (Å²) in [7, 11) is 0. The Balaban J connectivity index is 1.29. The average Bonchev–Trinajstić information content (AvgIpc) is 2.86. The quantitative estimate of drug-likeness (QED) is 0.455. The van der Waals surface area contributed by atoms with Crippen LogP contribution in [0.2, 0.25) is 5.02 Å². The third-order valence-electron chi connectivity index (χ3n) is 6.65. The fourth-order valence-corrected chi connectivity index (χ4v) is 4.90. The fraction of sp³-hybridized carbons (Fsp3) is 0.375. The summed E-state index contributed by atoms with van der Waals surface area (Å²) >= 11 is 6.15. The topological polar surface area (TPSA) is 121 Å². The molecule has 0 bridgehead atoms. The van der Waals surface area contributed by atoms with Gasteiger partial charge in [0, 0.05) is 62.0 Å². The number of likely N-dealkylation sites (tertiary alicyclic amines) is 1. The molecule has 2 aromatic carbocycles. The number of nitrogens with one attached hydrogen (secondary N) is 2. The summed E-state index contributed by atoms with van der Waals surface area (Å²) in [5.74, 6) is 0.191. The number of halogens is 1. The van der Waals surface area contributed by atoms with Crippen LogP contribution in [0.4, 0.5) is 11.4 Å². The van der Waals surface area contributed by atoms with E-state index >= 15 is 0 Å². The van der Waals surface area contributed by atoms with E-state index < -0.39 is 5.72 Å². The first-order valence-electron chi connectivity index (χ1n) is 11.3. The van der Waals surface area contributed by atoms with Crippen molar-refractivity contribution < 1.29 is 19.1 Å². The van der Waals surface area contributed by atoms with Gasteiger partial charge >= 0.3 is 0 Å². The Bertz CT molecular complexity index is 1160. The van der Waals surface area contributed by atoms with Crippen molar-refractivity contribution in [1.29, 1.82) is 5.41 Å². The standard InChI is InChI=1S/C24H26ClN5O4/c25-19-12-15(11-16(14-26)21(19)27)23(32)30-5-3-24(4-6-30)28-22(31)18-13-17(1-2-20(18)34-24)29-7-9-33-10-8-29/h1-2,11-14,26H,3-10,27H2,(H,28,31). The lowest BCUT2D eigenvalue weighted by Crippen LogP contribution is -2.61. The van der Waals surface area contributed by atoms with Crippen LogP contribution in [0.15, 0.2) is 30.3 Å². The zero-order valence-corrected chi connectivity index (χ0v) is 19.4. The number of nitrogens with zero attached hydrogens (tertiary/aromatic N) is 2. The maximum absolute atomic E-state index is 13.1. The van der Waals surface area contributed by atoms with Gasteiger partial charge in [-0.1, -0.05) is 11.6 Å². The summed E-state index contributed by atoms with van der Waals surface area (Å²) in [6.07, 6.45) is 1.99. The van der Waals surface area contributed by atoms with Crippen LogP contribution in [0.25, 0.3) is 0 Å². The van der Waals surface area contributed by atoms with Crippen LogP contribution in [0.5, 0.6) is 5.75 Å². The molecule has 2 aromatic rings. The second-order valence-corrected chi connectivity index (χ2v) is 9.14. The maximum Gasteiger partial charge on any atom is 0.258 e. The molecule has 0 unspecified atom stereocenters. The van der Waals surface area contributed by atoms with Gasteiger partial charge in [-0.2, -0.15) is 0 Å². The van der Waals surface area contributed by atoms with Gasteiger partial charge in [-0.15, -0.1) is 0 Å². The van der Waals surface area contributed by atoms with Crippen LogP contribution < -0.4 is 20.7 Å². The van der Waals surface area contributed by atoms with Crippen LogP contribution in [-0.4, -0.2) is 68.0 Å². The number of rotatable bonds is 3. The van der Waals surface area contributed by atoms with Crippen molar-refractivity contribution in [2.45, 2.75) is 18.6 Å². The lowest BCUT2D eigenvalue weighted by atomic mass is 9.96. The van der Waals surface area contributed by atoms with E-state index in [2.05, 4.69) is 10.2 Å². The van der Waals surface area contributed by atoms with E-state index in [1.165, 1.54) is 6.07 Å². The van der Waals surface area contributed by atoms with Gasteiger partial charge in [-0.05, 0) is 30.3 Å². The number of hydrogen-bond acceptors (Lipinski definition) is 7. The van der Waals surface area contributed by atoms with Gasteiger partial charge in [0.1, 0.15) is 5.75 Å². The molecule has 10 heteroatoms. The van der Waals surface area contributed by atoms with Crippen molar-refractivity contribution in [3.05, 3.63) is 52.0 Å². The monoisotopic (exact) mass is 483 g/mol. The average molecular weight is 484 g/mol. The van der Waals surface area contributed by atoms with Gasteiger partial charge in [-0.25, -0.2) is 0 Å². The number of morpholine rings is 1. The first kappa shape index (κ1) is 22.5. The summed E-state index contributed by atoms with van der Waals surface area (Å²) in [5, 5.41) is 10.8. The molecule has 34 heavy (non-hydrogen) atoms. The normalized spacial score (nSPS) is 19.3. The van der Waals surface area contributed by atoms with Gasteiger partial charge in [0.15, 0.2) is 5.72 Å². The Morgan fingerprint density at radius 3 is 2.59 bits per heavy atom. The highest BCUT2D eigenvalue weighted by Crippen LogP contribution is 2.36. The van der Waals surface area contributed by atoms with E-state index in [1.54, 1.807) is 11.0 Å². The largest absolute Gasteiger partial charge is 0.467 e. The van der Waals surface area contributed by atoms with Gasteiger partial charge in [0.2, 0.25) is 0 Å². The van der Waals surface area contributed by atoms with Crippen LogP contribution in [0.1, 0.15) is 39.1 Å². The predicted octanol–water partition coefficient (Wildman–Crippen LogP) is 2.51. The van der Waals surface area contributed by atoms with Crippen LogP contribution in [-0.2, 0) is 4.74 Å². The van der Waals surface area contributed by atoms with E-state index in [0.717, 1.165) is 25.0 Å². The highest BCUT2D eigenvalue weighted by Gasteiger charge is 2.43. The number of amides is 2. The summed E-state index contributed by atoms with van der Waals surface area (Å²) in [5.41, 5.74) is 7.57. The van der Waals surface area contributed by atoms with E-state index in [4.69, 9.17) is 32.2 Å². The van der Waals surface area contributed by atoms with Crippen LogP contribution in [0, 0.1) is 5.41 Å². The maximum atomic E-state index is 13.1. The number of ether oxygens (including phenoxy) is 2. The predicted molar refractivity (Wildman–Crippen MR) is 129 cm³/mol. The Morgan fingerprint density at radius 1 is 1.15 bits per heavy atom. The summed E-state index contributed by atoms with van der Waals surface area (Å²) in [6, 6.07) is 8.79. The third kappa shape index (κ3) is 4.05. The molecule has 0 aromatic heterocycles. The van der Waals surface area contributed by atoms with Crippen molar-refractivity contribution >= 4 is 41.0 Å². The van der Waals surface area contributed by atoms with E-state index in [0.29, 0.717) is 61.6 Å². The Hall–Kier alpha value is -3.30. The molecule has 3 aliphatic heterocycles. The molecule has 2 fully saturated rings. The number of anilines is 2. The molecule has 9 nitrogen and oxygen atoms in total. The molecule has 3 aliphatic rings. The number of benzene rings is 2. The van der Waals surface area contributed by atoms with Crippen molar-refractivity contribution in [3.8, 4) is 5.75 Å². The third-order valence-corrected chi connectivity index (χ3v) is 6.97. The lowest BCUT2D eigenvalue weighted by Gasteiger charge is -2.44. The van der Waals surface area contributed by atoms with E-state index in [1.807, 2.05) is 18.2 Å². The highest BCUT2D eigenvalue weighted by atomic mass is 35.5. The van der Waals surface area contributed by atoms with Crippen molar-refractivity contribution in [1.82, 2.24) is 10.2 Å². The number of nitrogen functional groups attached to an aromatic ring is 1. The molecule has 0 saturated carbocycles. The number of piperidine rings is 1. The fourth-order valence-electron chi connectivity index (χ4n) is 4.68. The first-order chi connectivity index (χ1) is 16.4. The van der Waals surface area contributed by atoms with Crippen molar-refractivity contribution in [3.63, 3.8) is 0 Å². The lowest BCUT2D eigenvalue weighted by molar-refractivity contribution is -0.0245. The molecule has 3 heterocycles. The highest BCUT2D eigenvalue weighted by molar-refractivity contribution is 6.34. The molecular formula is C24H26ClN5O4. The second kappa shape index (κ2) is 8.81. The molecule has 5 rings (SSSR count). The molecular weight excluding hydrogens is 458 g/mol. The molecule has 0 aliphatic carbocycles.